The van der Waals surface area contributed by atoms with Gasteiger partial charge in [-0.3, -0.25) is 9.58 Å². The normalized spacial score (nSPS) is 23.7. The maximum absolute atomic E-state index is 6.47. The Balaban J connectivity index is 1.02. The van der Waals surface area contributed by atoms with E-state index in [0.717, 1.165) is 49.3 Å². The van der Waals surface area contributed by atoms with Gasteiger partial charge in [0.15, 0.2) is 0 Å². The molecule has 5 heterocycles. The highest BCUT2D eigenvalue weighted by Crippen LogP contribution is 2.39. The summed E-state index contributed by atoms with van der Waals surface area (Å²) in [7, 11) is 1.71. The van der Waals surface area contributed by atoms with Crippen LogP contribution in [0.3, 0.4) is 0 Å². The van der Waals surface area contributed by atoms with Gasteiger partial charge >= 0.3 is 0 Å². The van der Waals surface area contributed by atoms with Gasteiger partial charge in [-0.2, -0.15) is 0 Å². The van der Waals surface area contributed by atoms with E-state index in [0.29, 0.717) is 59.9 Å². The predicted octanol–water partition coefficient (Wildman–Crippen LogP) is 5.34. The zero-order valence-electron chi connectivity index (χ0n) is 28.3. The van der Waals surface area contributed by atoms with E-state index in [9.17, 15) is 0 Å². The standard InChI is InChI=1S/C34H45ClN10O4/c1-22(46-3)12-13-48-33-31(18-44(40-33)26-5-7-27(8-6-26)45-28-9-10-29(45)20-47-19-28)39-34-36-15-25(16-37-34)24-4-11-30(35)32(14-24)49-23(2)17-43-21-38-41-42-43/h4,11,14-16,18,21-23,26-29H,5-10,12-13,17,19-20H2,1-3H3,(H,36,37,39)/t22?,23?,26?,27?,28-,29+. The van der Waals surface area contributed by atoms with Crippen LogP contribution in [0.2, 0.25) is 5.02 Å². The zero-order chi connectivity index (χ0) is 33.7. The van der Waals surface area contributed by atoms with Crippen LogP contribution in [0.25, 0.3) is 11.1 Å². The first-order chi connectivity index (χ1) is 23.9. The summed E-state index contributed by atoms with van der Waals surface area (Å²) in [5.74, 6) is 1.55. The lowest BCUT2D eigenvalue weighted by atomic mass is 9.89. The third-order valence-corrected chi connectivity index (χ3v) is 10.3. The molecule has 0 spiro atoms. The molecule has 4 aromatic rings. The number of nitrogens with zero attached hydrogens (tertiary/aromatic N) is 9. The molecule has 7 rings (SSSR count). The average molecular weight is 693 g/mol. The van der Waals surface area contributed by atoms with Crippen molar-refractivity contribution in [2.75, 3.05) is 32.2 Å². The summed E-state index contributed by atoms with van der Waals surface area (Å²) < 4.78 is 27.3. The van der Waals surface area contributed by atoms with E-state index in [2.05, 4.69) is 40.4 Å². The second-order valence-electron chi connectivity index (χ2n) is 13.4. The van der Waals surface area contributed by atoms with Crippen LogP contribution in [0.5, 0.6) is 11.6 Å². The fourth-order valence-corrected chi connectivity index (χ4v) is 7.45. The molecule has 2 unspecified atom stereocenters. The summed E-state index contributed by atoms with van der Waals surface area (Å²) in [6.07, 6.45) is 14.8. The highest BCUT2D eigenvalue weighted by molar-refractivity contribution is 6.32. The molecule has 14 nitrogen and oxygen atoms in total. The van der Waals surface area contributed by atoms with Crippen LogP contribution >= 0.6 is 11.6 Å². The summed E-state index contributed by atoms with van der Waals surface area (Å²) in [6.45, 7) is 6.71. The Kier molecular flexibility index (Phi) is 10.5. The number of aromatic nitrogens is 8. The summed E-state index contributed by atoms with van der Waals surface area (Å²) in [6, 6.07) is 7.74. The van der Waals surface area contributed by atoms with Gasteiger partial charge in [0.25, 0.3) is 5.88 Å². The molecule has 1 saturated carbocycles. The molecule has 2 bridgehead atoms. The number of benzene rings is 1. The van der Waals surface area contributed by atoms with Crippen LogP contribution in [-0.2, 0) is 16.0 Å². The van der Waals surface area contributed by atoms with Crippen molar-refractivity contribution < 1.29 is 18.9 Å². The Bertz CT molecular complexity index is 1630. The lowest BCUT2D eigenvalue weighted by Gasteiger charge is -2.43. The fraction of sp³-hybridized carbons (Fsp3) is 0.588. The Morgan fingerprint density at radius 2 is 1.69 bits per heavy atom. The number of morpholine rings is 1. The van der Waals surface area contributed by atoms with Crippen LogP contribution in [0, 0.1) is 0 Å². The summed E-state index contributed by atoms with van der Waals surface area (Å²) >= 11 is 6.47. The molecule has 3 aromatic heterocycles. The van der Waals surface area contributed by atoms with Gasteiger partial charge in [-0.1, -0.05) is 17.7 Å². The molecule has 4 atom stereocenters. The number of hydrogen-bond donors (Lipinski definition) is 1. The number of methoxy groups -OCH3 is 1. The molecule has 262 valence electrons. The van der Waals surface area contributed by atoms with Crippen molar-refractivity contribution in [3.05, 3.63) is 48.1 Å². The number of fused-ring (bicyclic) bond motifs is 2. The largest absolute Gasteiger partial charge is 0.487 e. The summed E-state index contributed by atoms with van der Waals surface area (Å²) in [5, 5.41) is 20.0. The molecule has 49 heavy (non-hydrogen) atoms. The van der Waals surface area contributed by atoms with E-state index in [4.69, 9.17) is 35.6 Å². The molecular formula is C34H45ClN10O4. The van der Waals surface area contributed by atoms with Crippen LogP contribution in [0.1, 0.15) is 64.8 Å². The topological polar surface area (TPSA) is 139 Å². The van der Waals surface area contributed by atoms with Crippen molar-refractivity contribution in [2.24, 2.45) is 0 Å². The monoisotopic (exact) mass is 692 g/mol. The van der Waals surface area contributed by atoms with Crippen molar-refractivity contribution in [1.82, 2.24) is 44.9 Å². The molecule has 15 heteroatoms. The third-order valence-electron chi connectivity index (χ3n) is 9.95. The van der Waals surface area contributed by atoms with E-state index < -0.39 is 0 Å². The molecule has 2 saturated heterocycles. The van der Waals surface area contributed by atoms with Crippen LogP contribution in [-0.4, -0.2) is 102 Å². The predicted molar refractivity (Wildman–Crippen MR) is 183 cm³/mol. The Morgan fingerprint density at radius 3 is 2.41 bits per heavy atom. The molecule has 2 aliphatic heterocycles. The van der Waals surface area contributed by atoms with Crippen molar-refractivity contribution >= 4 is 23.2 Å². The molecule has 0 amide bonds. The van der Waals surface area contributed by atoms with Gasteiger partial charge in [-0.05, 0) is 80.5 Å². The fourth-order valence-electron chi connectivity index (χ4n) is 7.29. The Morgan fingerprint density at radius 1 is 0.959 bits per heavy atom. The van der Waals surface area contributed by atoms with Crippen molar-refractivity contribution in [3.63, 3.8) is 0 Å². The summed E-state index contributed by atoms with van der Waals surface area (Å²) in [5.41, 5.74) is 2.45. The highest BCUT2D eigenvalue weighted by atomic mass is 35.5. The van der Waals surface area contributed by atoms with Gasteiger partial charge in [-0.25, -0.2) is 14.6 Å². The zero-order valence-corrected chi connectivity index (χ0v) is 29.1. The number of anilines is 2. The minimum absolute atomic E-state index is 0.0909. The first kappa shape index (κ1) is 33.6. The van der Waals surface area contributed by atoms with Crippen LogP contribution in [0.4, 0.5) is 11.6 Å². The van der Waals surface area contributed by atoms with Gasteiger partial charge in [0, 0.05) is 49.6 Å². The van der Waals surface area contributed by atoms with Crippen molar-refractivity contribution in [2.45, 2.75) is 102 Å². The minimum Gasteiger partial charge on any atom is -0.487 e. The highest BCUT2D eigenvalue weighted by Gasteiger charge is 2.42. The maximum atomic E-state index is 6.47. The number of halogens is 1. The second-order valence-corrected chi connectivity index (χ2v) is 13.8. The van der Waals surface area contributed by atoms with E-state index in [1.807, 2.05) is 38.2 Å². The molecule has 0 radical (unpaired) electrons. The smallest absolute Gasteiger partial charge is 0.256 e. The van der Waals surface area contributed by atoms with Gasteiger partial charge in [0.1, 0.15) is 23.9 Å². The molecule has 1 aliphatic carbocycles. The summed E-state index contributed by atoms with van der Waals surface area (Å²) in [4.78, 5) is 12.0. The van der Waals surface area contributed by atoms with Gasteiger partial charge in [0.2, 0.25) is 5.95 Å². The molecule has 3 fully saturated rings. The quantitative estimate of drug-likeness (QED) is 0.182. The number of ether oxygens (including phenoxy) is 4. The first-order valence-corrected chi connectivity index (χ1v) is 17.7. The second kappa shape index (κ2) is 15.4. The number of tetrazole rings is 1. The van der Waals surface area contributed by atoms with Gasteiger partial charge in [0.05, 0.1) is 49.7 Å². The van der Waals surface area contributed by atoms with E-state index >= 15 is 0 Å². The number of hydrogen-bond acceptors (Lipinski definition) is 12. The van der Waals surface area contributed by atoms with Gasteiger partial charge in [-0.15, -0.1) is 10.2 Å². The Hall–Kier alpha value is -3.85. The van der Waals surface area contributed by atoms with Crippen molar-refractivity contribution in [3.8, 4) is 22.8 Å². The molecule has 1 aromatic carbocycles. The van der Waals surface area contributed by atoms with Crippen LogP contribution < -0.4 is 14.8 Å². The van der Waals surface area contributed by atoms with Crippen LogP contribution in [0.15, 0.2) is 43.1 Å². The van der Waals surface area contributed by atoms with Gasteiger partial charge < -0.3 is 24.3 Å². The lowest BCUT2D eigenvalue weighted by Crippen LogP contribution is -2.52. The van der Waals surface area contributed by atoms with E-state index in [-0.39, 0.29) is 12.2 Å². The first-order valence-electron chi connectivity index (χ1n) is 17.3. The molecule has 3 aliphatic rings. The third kappa shape index (κ3) is 7.98. The lowest BCUT2D eigenvalue weighted by molar-refractivity contribution is -0.0458. The average Bonchev–Trinajstić information content (AvgIpc) is 3.84. The maximum Gasteiger partial charge on any atom is 0.256 e. The minimum atomic E-state index is -0.205. The van der Waals surface area contributed by atoms with E-state index in [1.54, 1.807) is 30.5 Å². The Labute approximate surface area is 291 Å². The number of rotatable bonds is 14. The SMILES string of the molecule is COC(C)CCOc1nn(C2CCC(N3[C@@H]4CC[C@H]3COC4)CC2)cc1Nc1ncc(-c2ccc(Cl)c(OC(C)Cn3cnnn3)c2)cn1. The van der Waals surface area contributed by atoms with Crippen molar-refractivity contribution in [1.29, 1.82) is 0 Å². The van der Waals surface area contributed by atoms with E-state index in [1.165, 1.54) is 25.7 Å². The molecule has 1 N–H and O–H groups in total. The molecular weight excluding hydrogens is 648 g/mol. The number of nitrogens with one attached hydrogen (secondary N) is 1.